The first-order valence-electron chi connectivity index (χ1n) is 5.62. The second-order valence-electron chi connectivity index (χ2n) is 6.02. The monoisotopic (exact) mass is 230 g/mol. The van der Waals surface area contributed by atoms with E-state index in [4.69, 9.17) is 10.8 Å². The summed E-state index contributed by atoms with van der Waals surface area (Å²) in [6.45, 7) is 7.62. The molecule has 1 heterocycles. The minimum absolute atomic E-state index is 0.0566. The number of nitrogens with one attached hydrogen (secondary N) is 1. The molecule has 0 aromatic heterocycles. The van der Waals surface area contributed by atoms with Crippen molar-refractivity contribution < 1.29 is 15.0 Å². The van der Waals surface area contributed by atoms with Crippen LogP contribution in [0.25, 0.3) is 0 Å². The number of rotatable bonds is 3. The highest BCUT2D eigenvalue weighted by molar-refractivity contribution is 5.73. The third kappa shape index (κ3) is 2.21. The van der Waals surface area contributed by atoms with Crippen LogP contribution in [0.1, 0.15) is 40.5 Å². The molecule has 16 heavy (non-hydrogen) atoms. The van der Waals surface area contributed by atoms with Gasteiger partial charge in [-0.15, -0.1) is 0 Å². The standard InChI is InChI=1S/C11H22N2O3/c1-10(2)6-7(5-8(12)9(14)15)11(3,4)13(10)16/h7-8,13H,5-6,12H2,1-4H3,(H,14,15). The minimum atomic E-state index is -0.993. The molecule has 3 atom stereocenters. The first kappa shape index (κ1) is 13.4. The summed E-state index contributed by atoms with van der Waals surface area (Å²) in [4.78, 5) is 10.7. The third-order valence-corrected chi connectivity index (χ3v) is 3.83. The number of carboxylic acids is 1. The molecule has 1 aliphatic heterocycles. The Balaban J connectivity index is 2.80. The van der Waals surface area contributed by atoms with E-state index >= 15 is 0 Å². The third-order valence-electron chi connectivity index (χ3n) is 3.83. The van der Waals surface area contributed by atoms with Crippen molar-refractivity contribution in [3.63, 3.8) is 0 Å². The Labute approximate surface area is 96.2 Å². The van der Waals surface area contributed by atoms with E-state index in [1.807, 2.05) is 27.7 Å². The molecular formula is C11H22N2O3. The van der Waals surface area contributed by atoms with Gasteiger partial charge in [-0.1, -0.05) is 0 Å². The first-order chi connectivity index (χ1) is 7.09. The number of quaternary nitrogens is 1. The van der Waals surface area contributed by atoms with E-state index in [0.717, 1.165) is 6.42 Å². The van der Waals surface area contributed by atoms with Crippen LogP contribution in [-0.4, -0.2) is 28.2 Å². The fraction of sp³-hybridized carbons (Fsp3) is 0.909. The van der Waals surface area contributed by atoms with Gasteiger partial charge >= 0.3 is 5.97 Å². The number of nitrogens with two attached hydrogens (primary N) is 1. The van der Waals surface area contributed by atoms with Crippen molar-refractivity contribution in [2.24, 2.45) is 11.7 Å². The molecule has 0 aliphatic carbocycles. The van der Waals surface area contributed by atoms with Gasteiger partial charge in [-0.2, -0.15) is 0 Å². The van der Waals surface area contributed by atoms with Crippen LogP contribution in [0.5, 0.6) is 0 Å². The highest BCUT2D eigenvalue weighted by atomic mass is 16.5. The highest BCUT2D eigenvalue weighted by Gasteiger charge is 2.52. The van der Waals surface area contributed by atoms with Crippen molar-refractivity contribution in [1.29, 1.82) is 0 Å². The molecule has 1 fully saturated rings. The lowest BCUT2D eigenvalue weighted by atomic mass is 9.82. The van der Waals surface area contributed by atoms with E-state index in [1.54, 1.807) is 0 Å². The van der Waals surface area contributed by atoms with Gasteiger partial charge in [0.15, 0.2) is 0 Å². The maximum atomic E-state index is 12.1. The Hall–Kier alpha value is -0.650. The Kier molecular flexibility index (Phi) is 3.34. The van der Waals surface area contributed by atoms with Crippen molar-refractivity contribution in [1.82, 2.24) is 0 Å². The molecule has 5 heteroatoms. The molecule has 0 amide bonds. The zero-order chi connectivity index (χ0) is 12.7. The van der Waals surface area contributed by atoms with E-state index in [0.29, 0.717) is 6.42 Å². The largest absolute Gasteiger partial charge is 0.634 e. The summed E-state index contributed by atoms with van der Waals surface area (Å²) in [5, 5.41) is 21.1. The van der Waals surface area contributed by atoms with Crippen molar-refractivity contribution in [3.8, 4) is 0 Å². The Morgan fingerprint density at radius 2 is 2.06 bits per heavy atom. The predicted molar refractivity (Wildman–Crippen MR) is 60.8 cm³/mol. The lowest BCUT2D eigenvalue weighted by Crippen LogP contribution is -3.19. The van der Waals surface area contributed by atoms with Gasteiger partial charge in [-0.25, -0.2) is 0 Å². The summed E-state index contributed by atoms with van der Waals surface area (Å²) < 4.78 is 0. The molecule has 0 aromatic rings. The van der Waals surface area contributed by atoms with E-state index in [2.05, 4.69) is 0 Å². The second kappa shape index (κ2) is 3.98. The van der Waals surface area contributed by atoms with Crippen LogP contribution in [-0.2, 0) is 4.79 Å². The zero-order valence-electron chi connectivity index (χ0n) is 10.4. The molecule has 1 rings (SSSR count). The van der Waals surface area contributed by atoms with Gasteiger partial charge in [0.1, 0.15) is 6.04 Å². The number of hydrogen-bond acceptors (Lipinski definition) is 3. The molecule has 5 nitrogen and oxygen atoms in total. The zero-order valence-corrected chi connectivity index (χ0v) is 10.4. The van der Waals surface area contributed by atoms with Gasteiger partial charge in [0.05, 0.1) is 11.1 Å². The van der Waals surface area contributed by atoms with Gasteiger partial charge in [0.25, 0.3) is 0 Å². The second-order valence-corrected chi connectivity index (χ2v) is 6.02. The van der Waals surface area contributed by atoms with E-state index in [9.17, 15) is 10.0 Å². The smallest absolute Gasteiger partial charge is 0.320 e. The van der Waals surface area contributed by atoms with Crippen molar-refractivity contribution in [2.75, 3.05) is 0 Å². The number of aliphatic carboxylic acids is 1. The van der Waals surface area contributed by atoms with Gasteiger partial charge in [0, 0.05) is 12.3 Å². The van der Waals surface area contributed by atoms with E-state index < -0.39 is 17.6 Å². The average Bonchev–Trinajstić information content (AvgIpc) is 2.27. The van der Waals surface area contributed by atoms with Gasteiger partial charge in [-0.3, -0.25) is 4.79 Å². The molecule has 1 saturated heterocycles. The van der Waals surface area contributed by atoms with E-state index in [1.165, 1.54) is 0 Å². The number of carbonyl (C=O) groups is 1. The quantitative estimate of drug-likeness (QED) is 0.583. The fourth-order valence-electron chi connectivity index (χ4n) is 2.81. The fourth-order valence-corrected chi connectivity index (χ4v) is 2.81. The average molecular weight is 230 g/mol. The summed E-state index contributed by atoms with van der Waals surface area (Å²) in [6.07, 6.45) is 1.09. The first-order valence-corrected chi connectivity index (χ1v) is 5.62. The molecule has 3 unspecified atom stereocenters. The van der Waals surface area contributed by atoms with E-state index in [-0.39, 0.29) is 16.5 Å². The summed E-state index contributed by atoms with van der Waals surface area (Å²) in [7, 11) is 0. The van der Waals surface area contributed by atoms with Crippen LogP contribution in [0.15, 0.2) is 0 Å². The molecular weight excluding hydrogens is 208 g/mol. The lowest BCUT2D eigenvalue weighted by Gasteiger charge is -2.41. The lowest BCUT2D eigenvalue weighted by molar-refractivity contribution is -0.934. The molecule has 1 aliphatic rings. The molecule has 0 spiro atoms. The van der Waals surface area contributed by atoms with Gasteiger partial charge < -0.3 is 21.1 Å². The maximum Gasteiger partial charge on any atom is 0.320 e. The predicted octanol–water partition coefficient (Wildman–Crippen LogP) is -0.252. The summed E-state index contributed by atoms with van der Waals surface area (Å²) in [5.74, 6) is -0.936. The van der Waals surface area contributed by atoms with Crippen molar-refractivity contribution in [3.05, 3.63) is 5.21 Å². The SMILES string of the molecule is CC1(C)CC(CC(N)C(=O)O)C(C)(C)[NH+]1[O-]. The van der Waals surface area contributed by atoms with Crippen LogP contribution in [0.4, 0.5) is 0 Å². The van der Waals surface area contributed by atoms with Crippen LogP contribution in [0.2, 0.25) is 0 Å². The highest BCUT2D eigenvalue weighted by Crippen LogP contribution is 2.33. The summed E-state index contributed by atoms with van der Waals surface area (Å²) in [5.41, 5.74) is 4.72. The molecule has 94 valence electrons. The van der Waals surface area contributed by atoms with Crippen LogP contribution in [0, 0.1) is 11.1 Å². The molecule has 0 aromatic carbocycles. The Morgan fingerprint density at radius 3 is 2.38 bits per heavy atom. The molecule has 4 N–H and O–H groups in total. The maximum absolute atomic E-state index is 12.1. The summed E-state index contributed by atoms with van der Waals surface area (Å²) in [6, 6.07) is -0.869. The number of hydrogen-bond donors (Lipinski definition) is 3. The molecule has 0 radical (unpaired) electrons. The molecule has 0 saturated carbocycles. The Morgan fingerprint density at radius 1 is 1.56 bits per heavy atom. The normalized spacial score (nSPS) is 33.6. The summed E-state index contributed by atoms with van der Waals surface area (Å²) >= 11 is 0. The van der Waals surface area contributed by atoms with Crippen LogP contribution >= 0.6 is 0 Å². The number of carboxylic acid groups (broad SMARTS) is 1. The Bertz CT molecular complexity index is 289. The van der Waals surface area contributed by atoms with Crippen LogP contribution in [0.3, 0.4) is 0 Å². The van der Waals surface area contributed by atoms with Gasteiger partial charge in [-0.05, 0) is 34.1 Å². The number of hydroxylamine groups is 2. The van der Waals surface area contributed by atoms with Crippen molar-refractivity contribution >= 4 is 5.97 Å². The van der Waals surface area contributed by atoms with Gasteiger partial charge in [0.2, 0.25) is 0 Å². The van der Waals surface area contributed by atoms with Crippen molar-refractivity contribution in [2.45, 2.75) is 57.7 Å². The molecule has 0 bridgehead atoms. The topological polar surface area (TPSA) is 90.8 Å². The van der Waals surface area contributed by atoms with Crippen LogP contribution < -0.4 is 10.8 Å². The minimum Gasteiger partial charge on any atom is -0.634 e.